The number of hydrogen-bond donors (Lipinski definition) is 2. The first-order valence-corrected chi connectivity index (χ1v) is 7.08. The molecule has 100 valence electrons. The number of nitrogens with one attached hydrogen (secondary N) is 2. The molecule has 0 atom stereocenters. The van der Waals surface area contributed by atoms with Crippen LogP contribution in [0.1, 0.15) is 18.9 Å². The maximum atomic E-state index is 12.5. The van der Waals surface area contributed by atoms with Gasteiger partial charge in [0.15, 0.2) is 4.77 Å². The van der Waals surface area contributed by atoms with Gasteiger partial charge in [-0.25, -0.2) is 0 Å². The Bertz CT molecular complexity index is 900. The van der Waals surface area contributed by atoms with E-state index < -0.39 is 0 Å². The van der Waals surface area contributed by atoms with Crippen molar-refractivity contribution in [1.82, 2.24) is 14.5 Å². The van der Waals surface area contributed by atoms with E-state index >= 15 is 0 Å². The standard InChI is InChI=1S/C15H13N3OS/c19-14-13-12(17-15(20)18(14)10-6-7-10)11(8-16-13)9-4-2-1-3-5-9/h1-5,8,10,16H,6-7H2,(H,17,20). The summed E-state index contributed by atoms with van der Waals surface area (Å²) in [7, 11) is 0. The van der Waals surface area contributed by atoms with E-state index in [1.807, 2.05) is 36.5 Å². The van der Waals surface area contributed by atoms with Crippen molar-refractivity contribution in [3.63, 3.8) is 0 Å². The third-order valence-corrected chi connectivity index (χ3v) is 4.06. The summed E-state index contributed by atoms with van der Waals surface area (Å²) in [6.45, 7) is 0. The molecule has 0 radical (unpaired) electrons. The zero-order valence-electron chi connectivity index (χ0n) is 10.7. The third kappa shape index (κ3) is 1.67. The molecule has 4 nitrogen and oxygen atoms in total. The van der Waals surface area contributed by atoms with Gasteiger partial charge in [-0.3, -0.25) is 9.36 Å². The van der Waals surface area contributed by atoms with Gasteiger partial charge in [0.25, 0.3) is 5.56 Å². The van der Waals surface area contributed by atoms with Gasteiger partial charge < -0.3 is 9.97 Å². The Balaban J connectivity index is 2.03. The monoisotopic (exact) mass is 283 g/mol. The van der Waals surface area contributed by atoms with Crippen LogP contribution in [0.5, 0.6) is 0 Å². The average Bonchev–Trinajstić information content (AvgIpc) is 3.19. The van der Waals surface area contributed by atoms with Crippen LogP contribution in [0.4, 0.5) is 0 Å². The van der Waals surface area contributed by atoms with E-state index in [1.54, 1.807) is 4.57 Å². The van der Waals surface area contributed by atoms with Crippen LogP contribution >= 0.6 is 12.2 Å². The Kier molecular flexibility index (Phi) is 2.44. The Morgan fingerprint density at radius 1 is 1.15 bits per heavy atom. The van der Waals surface area contributed by atoms with E-state index in [9.17, 15) is 4.79 Å². The van der Waals surface area contributed by atoms with Crippen molar-refractivity contribution in [3.8, 4) is 11.1 Å². The van der Waals surface area contributed by atoms with E-state index in [0.717, 1.165) is 29.5 Å². The van der Waals surface area contributed by atoms with Gasteiger partial charge in [0, 0.05) is 17.8 Å². The number of fused-ring (bicyclic) bond motifs is 1. The lowest BCUT2D eigenvalue weighted by molar-refractivity contribution is 0.685. The molecule has 2 heterocycles. The Labute approximate surface area is 120 Å². The smallest absolute Gasteiger partial charge is 0.278 e. The first kappa shape index (κ1) is 11.7. The molecule has 0 spiro atoms. The van der Waals surface area contributed by atoms with E-state index in [0.29, 0.717) is 10.3 Å². The normalized spacial score (nSPS) is 14.8. The SMILES string of the molecule is O=c1c2[nH]cc(-c3ccccc3)c2[nH]c(=S)n1C1CC1. The summed E-state index contributed by atoms with van der Waals surface area (Å²) in [4.78, 5) is 18.8. The van der Waals surface area contributed by atoms with Crippen LogP contribution in [0.2, 0.25) is 0 Å². The zero-order chi connectivity index (χ0) is 13.7. The molecule has 0 aliphatic heterocycles. The van der Waals surface area contributed by atoms with Crippen molar-refractivity contribution in [2.45, 2.75) is 18.9 Å². The molecule has 0 bridgehead atoms. The quantitative estimate of drug-likeness (QED) is 0.708. The van der Waals surface area contributed by atoms with Crippen LogP contribution in [0.3, 0.4) is 0 Å². The maximum Gasteiger partial charge on any atom is 0.278 e. The molecule has 20 heavy (non-hydrogen) atoms. The van der Waals surface area contributed by atoms with E-state index in [4.69, 9.17) is 12.2 Å². The predicted octanol–water partition coefficient (Wildman–Crippen LogP) is 3.39. The topological polar surface area (TPSA) is 53.6 Å². The van der Waals surface area contributed by atoms with Crippen LogP contribution in [0, 0.1) is 4.77 Å². The summed E-state index contributed by atoms with van der Waals surface area (Å²) in [5.74, 6) is 0. The summed E-state index contributed by atoms with van der Waals surface area (Å²) < 4.78 is 2.21. The van der Waals surface area contributed by atoms with Crippen molar-refractivity contribution in [2.24, 2.45) is 0 Å². The molecule has 2 N–H and O–H groups in total. The lowest BCUT2D eigenvalue weighted by Crippen LogP contribution is -2.21. The van der Waals surface area contributed by atoms with Crippen molar-refractivity contribution in [1.29, 1.82) is 0 Å². The van der Waals surface area contributed by atoms with Crippen LogP contribution in [0.25, 0.3) is 22.2 Å². The molecule has 0 amide bonds. The van der Waals surface area contributed by atoms with Crippen LogP contribution < -0.4 is 5.56 Å². The van der Waals surface area contributed by atoms with Gasteiger partial charge in [-0.2, -0.15) is 0 Å². The molecule has 1 saturated carbocycles. The van der Waals surface area contributed by atoms with Crippen LogP contribution in [0.15, 0.2) is 41.3 Å². The van der Waals surface area contributed by atoms with Gasteiger partial charge in [0.2, 0.25) is 0 Å². The Hall–Kier alpha value is -2.14. The zero-order valence-corrected chi connectivity index (χ0v) is 11.5. The molecule has 0 saturated heterocycles. The van der Waals surface area contributed by atoms with Gasteiger partial charge >= 0.3 is 0 Å². The molecular formula is C15H13N3OS. The lowest BCUT2D eigenvalue weighted by atomic mass is 10.1. The minimum atomic E-state index is -0.0200. The number of nitrogens with zero attached hydrogens (tertiary/aromatic N) is 1. The van der Waals surface area contributed by atoms with Gasteiger partial charge in [-0.15, -0.1) is 0 Å². The molecule has 4 rings (SSSR count). The fourth-order valence-electron chi connectivity index (χ4n) is 2.61. The molecule has 1 aliphatic carbocycles. The predicted molar refractivity (Wildman–Crippen MR) is 81.5 cm³/mol. The third-order valence-electron chi connectivity index (χ3n) is 3.76. The molecule has 1 aliphatic rings. The lowest BCUT2D eigenvalue weighted by Gasteiger charge is -2.05. The molecule has 1 aromatic carbocycles. The number of aromatic amines is 2. The van der Waals surface area contributed by atoms with E-state index in [2.05, 4.69) is 9.97 Å². The number of rotatable bonds is 2. The summed E-state index contributed by atoms with van der Waals surface area (Å²) >= 11 is 5.35. The highest BCUT2D eigenvalue weighted by molar-refractivity contribution is 7.71. The van der Waals surface area contributed by atoms with Gasteiger partial charge in [0.1, 0.15) is 5.52 Å². The Morgan fingerprint density at radius 3 is 2.60 bits per heavy atom. The number of benzene rings is 1. The second-order valence-electron chi connectivity index (χ2n) is 5.15. The number of H-pyrrole nitrogens is 2. The van der Waals surface area contributed by atoms with Crippen LogP contribution in [-0.4, -0.2) is 14.5 Å². The summed E-state index contributed by atoms with van der Waals surface area (Å²) in [6.07, 6.45) is 3.94. The first-order valence-electron chi connectivity index (χ1n) is 6.67. The van der Waals surface area contributed by atoms with Crippen molar-refractivity contribution < 1.29 is 0 Å². The summed E-state index contributed by atoms with van der Waals surface area (Å²) in [5, 5.41) is 0. The van der Waals surface area contributed by atoms with E-state index in [-0.39, 0.29) is 11.6 Å². The number of aromatic nitrogens is 3. The largest absolute Gasteiger partial charge is 0.355 e. The van der Waals surface area contributed by atoms with Gasteiger partial charge in [0.05, 0.1) is 5.52 Å². The van der Waals surface area contributed by atoms with Crippen molar-refractivity contribution in [2.75, 3.05) is 0 Å². The molecule has 5 heteroatoms. The summed E-state index contributed by atoms with van der Waals surface area (Å²) in [6, 6.07) is 10.3. The number of hydrogen-bond acceptors (Lipinski definition) is 2. The molecular weight excluding hydrogens is 270 g/mol. The fourth-order valence-corrected chi connectivity index (χ4v) is 2.95. The van der Waals surface area contributed by atoms with Crippen molar-refractivity contribution in [3.05, 3.63) is 51.7 Å². The van der Waals surface area contributed by atoms with Crippen LogP contribution in [-0.2, 0) is 0 Å². The van der Waals surface area contributed by atoms with Gasteiger partial charge in [-0.1, -0.05) is 30.3 Å². The van der Waals surface area contributed by atoms with Gasteiger partial charge in [-0.05, 0) is 30.6 Å². The molecule has 2 aromatic heterocycles. The Morgan fingerprint density at radius 2 is 1.90 bits per heavy atom. The minimum absolute atomic E-state index is 0.0200. The minimum Gasteiger partial charge on any atom is -0.355 e. The summed E-state index contributed by atoms with van der Waals surface area (Å²) in [5.41, 5.74) is 3.42. The average molecular weight is 283 g/mol. The highest BCUT2D eigenvalue weighted by atomic mass is 32.1. The highest BCUT2D eigenvalue weighted by Crippen LogP contribution is 2.34. The second kappa shape index (κ2) is 4.18. The second-order valence-corrected chi connectivity index (χ2v) is 5.54. The molecule has 1 fully saturated rings. The van der Waals surface area contributed by atoms with Crippen molar-refractivity contribution >= 4 is 23.3 Å². The molecule has 3 aromatic rings. The fraction of sp³-hybridized carbons (Fsp3) is 0.200. The van der Waals surface area contributed by atoms with E-state index in [1.165, 1.54) is 0 Å². The highest BCUT2D eigenvalue weighted by Gasteiger charge is 2.27. The maximum absolute atomic E-state index is 12.5. The first-order chi connectivity index (χ1) is 9.75. The molecule has 0 unspecified atom stereocenters.